The Bertz CT molecular complexity index is 1110. The number of halogens is 2. The number of aromatic nitrogens is 3. The lowest BCUT2D eigenvalue weighted by atomic mass is 10.1. The van der Waals surface area contributed by atoms with Crippen LogP contribution in [0.3, 0.4) is 0 Å². The molecule has 3 nitrogen and oxygen atoms in total. The first kappa shape index (κ1) is 18.4. The van der Waals surface area contributed by atoms with E-state index in [1.165, 1.54) is 35.0 Å². The van der Waals surface area contributed by atoms with Gasteiger partial charge in [0.1, 0.15) is 11.6 Å². The maximum absolute atomic E-state index is 14.6. The average molecular weight is 393 g/mol. The van der Waals surface area contributed by atoms with Gasteiger partial charge in [0, 0.05) is 17.4 Å². The summed E-state index contributed by atoms with van der Waals surface area (Å²) in [5.74, 6) is -0.0969. The molecule has 4 rings (SSSR count). The molecular weight excluding hydrogens is 376 g/mol. The van der Waals surface area contributed by atoms with E-state index in [1.54, 1.807) is 4.57 Å². The quantitative estimate of drug-likeness (QED) is 0.401. The SMILES string of the molecule is Cc1ccccc1CSc1nnc(-c2ccccc2)n1-c1ccc(F)cc1F. The van der Waals surface area contributed by atoms with Gasteiger partial charge in [0.15, 0.2) is 11.0 Å². The number of thioether (sulfide) groups is 1. The molecule has 0 saturated heterocycles. The zero-order chi connectivity index (χ0) is 19.5. The van der Waals surface area contributed by atoms with Crippen molar-refractivity contribution in [3.05, 3.63) is 95.6 Å². The van der Waals surface area contributed by atoms with Crippen LogP contribution in [0.5, 0.6) is 0 Å². The van der Waals surface area contributed by atoms with Gasteiger partial charge in [-0.15, -0.1) is 10.2 Å². The molecule has 4 aromatic rings. The molecule has 3 aromatic carbocycles. The van der Waals surface area contributed by atoms with Crippen molar-refractivity contribution >= 4 is 11.8 Å². The molecule has 0 saturated carbocycles. The third kappa shape index (κ3) is 3.68. The van der Waals surface area contributed by atoms with Crippen molar-refractivity contribution in [2.45, 2.75) is 17.8 Å². The molecule has 0 aliphatic heterocycles. The monoisotopic (exact) mass is 393 g/mol. The molecule has 0 bridgehead atoms. The van der Waals surface area contributed by atoms with Crippen LogP contribution in [0.1, 0.15) is 11.1 Å². The van der Waals surface area contributed by atoms with E-state index < -0.39 is 11.6 Å². The third-order valence-corrected chi connectivity index (χ3v) is 5.41. The van der Waals surface area contributed by atoms with Crippen LogP contribution in [0.2, 0.25) is 0 Å². The van der Waals surface area contributed by atoms with Crippen molar-refractivity contribution < 1.29 is 8.78 Å². The first-order chi connectivity index (χ1) is 13.6. The summed E-state index contributed by atoms with van der Waals surface area (Å²) >= 11 is 1.47. The van der Waals surface area contributed by atoms with E-state index in [-0.39, 0.29) is 5.69 Å². The molecule has 1 aromatic heterocycles. The lowest BCUT2D eigenvalue weighted by Gasteiger charge is -2.12. The molecule has 0 N–H and O–H groups in total. The highest BCUT2D eigenvalue weighted by molar-refractivity contribution is 7.98. The lowest BCUT2D eigenvalue weighted by molar-refractivity contribution is 0.575. The highest BCUT2D eigenvalue weighted by Gasteiger charge is 2.19. The van der Waals surface area contributed by atoms with Crippen LogP contribution >= 0.6 is 11.8 Å². The summed E-state index contributed by atoms with van der Waals surface area (Å²) in [7, 11) is 0. The van der Waals surface area contributed by atoms with Crippen molar-refractivity contribution in [2.75, 3.05) is 0 Å². The van der Waals surface area contributed by atoms with Crippen molar-refractivity contribution in [3.8, 4) is 17.1 Å². The van der Waals surface area contributed by atoms with E-state index in [4.69, 9.17) is 0 Å². The number of rotatable bonds is 5. The topological polar surface area (TPSA) is 30.7 Å². The number of benzene rings is 3. The summed E-state index contributed by atoms with van der Waals surface area (Å²) in [5.41, 5.74) is 3.37. The van der Waals surface area contributed by atoms with Gasteiger partial charge in [-0.1, -0.05) is 66.4 Å². The molecule has 1 heterocycles. The molecule has 0 atom stereocenters. The minimum Gasteiger partial charge on any atom is -0.267 e. The predicted molar refractivity (Wildman–Crippen MR) is 107 cm³/mol. The van der Waals surface area contributed by atoms with Gasteiger partial charge >= 0.3 is 0 Å². The second-order valence-corrected chi connectivity index (χ2v) is 7.26. The van der Waals surface area contributed by atoms with Gasteiger partial charge in [-0.25, -0.2) is 8.78 Å². The summed E-state index contributed by atoms with van der Waals surface area (Å²) < 4.78 is 29.7. The van der Waals surface area contributed by atoms with Gasteiger partial charge in [-0.3, -0.25) is 4.57 Å². The maximum atomic E-state index is 14.6. The van der Waals surface area contributed by atoms with Crippen molar-refractivity contribution in [1.82, 2.24) is 14.8 Å². The van der Waals surface area contributed by atoms with E-state index in [1.807, 2.05) is 42.5 Å². The van der Waals surface area contributed by atoms with Crippen LogP contribution in [0, 0.1) is 18.6 Å². The van der Waals surface area contributed by atoms with Crippen LogP contribution in [-0.2, 0) is 5.75 Å². The van der Waals surface area contributed by atoms with Crippen LogP contribution in [0.4, 0.5) is 8.78 Å². The van der Waals surface area contributed by atoms with Crippen molar-refractivity contribution in [2.24, 2.45) is 0 Å². The summed E-state index contributed by atoms with van der Waals surface area (Å²) in [6.07, 6.45) is 0. The molecule has 0 amide bonds. The molecule has 0 spiro atoms. The van der Waals surface area contributed by atoms with Crippen LogP contribution in [0.25, 0.3) is 17.1 Å². The van der Waals surface area contributed by atoms with Crippen LogP contribution in [0.15, 0.2) is 78.0 Å². The molecule has 0 aliphatic rings. The third-order valence-electron chi connectivity index (χ3n) is 4.43. The highest BCUT2D eigenvalue weighted by atomic mass is 32.2. The van der Waals surface area contributed by atoms with E-state index >= 15 is 0 Å². The second kappa shape index (κ2) is 7.94. The fourth-order valence-corrected chi connectivity index (χ4v) is 3.95. The Kier molecular flexibility index (Phi) is 5.21. The summed E-state index contributed by atoms with van der Waals surface area (Å²) in [5, 5.41) is 9.13. The lowest BCUT2D eigenvalue weighted by Crippen LogP contribution is -2.03. The molecule has 0 radical (unpaired) electrons. The Labute approximate surface area is 166 Å². The van der Waals surface area contributed by atoms with E-state index in [0.29, 0.717) is 16.7 Å². The normalized spacial score (nSPS) is 11.0. The Balaban J connectivity index is 1.78. The smallest absolute Gasteiger partial charge is 0.196 e. The summed E-state index contributed by atoms with van der Waals surface area (Å²) in [6, 6.07) is 21.1. The fourth-order valence-electron chi connectivity index (χ4n) is 2.93. The van der Waals surface area contributed by atoms with Gasteiger partial charge in [0.2, 0.25) is 0 Å². The first-order valence-electron chi connectivity index (χ1n) is 8.77. The summed E-state index contributed by atoms with van der Waals surface area (Å²) in [4.78, 5) is 0. The Morgan fingerprint density at radius 2 is 1.64 bits per heavy atom. The number of hydrogen-bond donors (Lipinski definition) is 0. The summed E-state index contributed by atoms with van der Waals surface area (Å²) in [6.45, 7) is 2.05. The van der Waals surface area contributed by atoms with Gasteiger partial charge in [-0.2, -0.15) is 0 Å². The highest BCUT2D eigenvalue weighted by Crippen LogP contribution is 2.31. The van der Waals surface area contributed by atoms with E-state index in [0.717, 1.165) is 11.6 Å². The second-order valence-electron chi connectivity index (χ2n) is 6.32. The minimum atomic E-state index is -0.658. The van der Waals surface area contributed by atoms with E-state index in [2.05, 4.69) is 29.3 Å². The average Bonchev–Trinajstić information content (AvgIpc) is 3.12. The molecular formula is C22H17F2N3S. The number of aryl methyl sites for hydroxylation is 1. The van der Waals surface area contributed by atoms with Gasteiger partial charge in [-0.05, 0) is 30.2 Å². The predicted octanol–water partition coefficient (Wildman–Crippen LogP) is 5.81. The van der Waals surface area contributed by atoms with Crippen LogP contribution in [-0.4, -0.2) is 14.8 Å². The van der Waals surface area contributed by atoms with Gasteiger partial charge in [0.25, 0.3) is 0 Å². The Morgan fingerprint density at radius 3 is 2.39 bits per heavy atom. The molecule has 28 heavy (non-hydrogen) atoms. The first-order valence-corrected chi connectivity index (χ1v) is 9.75. The number of hydrogen-bond acceptors (Lipinski definition) is 3. The molecule has 0 aliphatic carbocycles. The number of nitrogens with zero attached hydrogens (tertiary/aromatic N) is 3. The molecule has 0 unspecified atom stereocenters. The molecule has 0 fully saturated rings. The van der Waals surface area contributed by atoms with Crippen molar-refractivity contribution in [3.63, 3.8) is 0 Å². The van der Waals surface area contributed by atoms with E-state index in [9.17, 15) is 8.78 Å². The van der Waals surface area contributed by atoms with Crippen molar-refractivity contribution in [1.29, 1.82) is 0 Å². The Hall–Kier alpha value is -2.99. The minimum absolute atomic E-state index is 0.220. The standard InChI is InChI=1S/C22H17F2N3S/c1-15-7-5-6-10-17(15)14-28-22-26-25-21(16-8-3-2-4-9-16)27(22)20-12-11-18(23)13-19(20)24/h2-13H,14H2,1H3. The zero-order valence-electron chi connectivity index (χ0n) is 15.1. The van der Waals surface area contributed by atoms with Crippen LogP contribution < -0.4 is 0 Å². The zero-order valence-corrected chi connectivity index (χ0v) is 16.0. The fraction of sp³-hybridized carbons (Fsp3) is 0.0909. The maximum Gasteiger partial charge on any atom is 0.196 e. The van der Waals surface area contributed by atoms with Gasteiger partial charge in [0.05, 0.1) is 5.69 Å². The molecule has 6 heteroatoms. The molecule has 140 valence electrons. The largest absolute Gasteiger partial charge is 0.267 e. The van der Waals surface area contributed by atoms with Gasteiger partial charge < -0.3 is 0 Å². The Morgan fingerprint density at radius 1 is 0.893 bits per heavy atom.